The normalized spacial score (nSPS) is 11.7. The number of H-pyrrole nitrogens is 3. The summed E-state index contributed by atoms with van der Waals surface area (Å²) in [5, 5.41) is 65.4. The van der Waals surface area contributed by atoms with Gasteiger partial charge in [0.05, 0.1) is 56.5 Å². The third-order valence-electron chi connectivity index (χ3n) is 17.4. The molecule has 32 nitrogen and oxygen atoms in total. The highest BCUT2D eigenvalue weighted by Crippen LogP contribution is 2.30. The van der Waals surface area contributed by atoms with E-state index in [0.29, 0.717) is 111 Å². The molecule has 12 aromatic rings. The molecule has 0 radical (unpaired) electrons. The number of rotatable bonds is 31. The summed E-state index contributed by atoms with van der Waals surface area (Å²) in [4.78, 5) is 116. The number of nitrogens with two attached hydrogens (primary N) is 1. The van der Waals surface area contributed by atoms with Crippen molar-refractivity contribution in [1.29, 1.82) is 0 Å². The lowest BCUT2D eigenvalue weighted by molar-refractivity contribution is -0.156. The van der Waals surface area contributed by atoms with Crippen LogP contribution in [0.5, 0.6) is 0 Å². The van der Waals surface area contributed by atoms with Gasteiger partial charge in [0.15, 0.2) is 18.3 Å². The second kappa shape index (κ2) is 49.2. The highest BCUT2D eigenvalue weighted by molar-refractivity contribution is 6.32. The van der Waals surface area contributed by atoms with Gasteiger partial charge in [-0.3, -0.25) is 41.2 Å². The van der Waals surface area contributed by atoms with Crippen LogP contribution in [0.2, 0.25) is 30.1 Å². The lowest BCUT2D eigenvalue weighted by Crippen LogP contribution is -2.48. The number of esters is 3. The number of hydrogen-bond donors (Lipinski definition) is 11. The number of carbonyl (C=O) groups excluding carboxylic acids is 5. The largest absolute Gasteiger partial charge is 0.475 e. The number of aliphatic hydroxyl groups is 4. The van der Waals surface area contributed by atoms with E-state index in [2.05, 4.69) is 41.1 Å². The van der Waals surface area contributed by atoms with Crippen LogP contribution in [0.3, 0.4) is 0 Å². The number of hydrazine groups is 3. The Hall–Kier alpha value is -12.2. The van der Waals surface area contributed by atoms with E-state index in [0.717, 1.165) is 19.6 Å². The van der Waals surface area contributed by atoms with Gasteiger partial charge in [-0.05, 0) is 168 Å². The molecule has 0 aliphatic rings. The number of aromatic amines is 3. The van der Waals surface area contributed by atoms with E-state index < -0.39 is 88.5 Å². The van der Waals surface area contributed by atoms with Crippen LogP contribution < -0.4 is 33.8 Å². The van der Waals surface area contributed by atoms with Gasteiger partial charge in [-0.2, -0.15) is 14.0 Å². The molecule has 0 saturated carbocycles. The van der Waals surface area contributed by atoms with Crippen molar-refractivity contribution in [3.63, 3.8) is 0 Å². The Balaban J connectivity index is 0.000000217. The maximum absolute atomic E-state index is 14.3. The maximum atomic E-state index is 14.3. The van der Waals surface area contributed by atoms with Crippen molar-refractivity contribution in [2.45, 2.75) is 79.5 Å². The van der Waals surface area contributed by atoms with Gasteiger partial charge < -0.3 is 39.7 Å². The third kappa shape index (κ3) is 31.1. The van der Waals surface area contributed by atoms with Gasteiger partial charge in [0, 0.05) is 73.1 Å². The first-order valence-electron chi connectivity index (χ1n) is 38.9. The Morgan fingerprint density at radius 3 is 1.02 bits per heavy atom. The molecule has 0 saturated heterocycles. The molecule has 3 aromatic heterocycles. The molecule has 0 fully saturated rings. The lowest BCUT2D eigenvalue weighted by Gasteiger charge is -2.25. The fraction of sp³-hybridized carbons (Fsp3) is 0.241. The van der Waals surface area contributed by atoms with Crippen LogP contribution in [-0.4, -0.2) is 185 Å². The maximum Gasteiger partial charge on any atom is 0.373 e. The Kier molecular flexibility index (Phi) is 38.9. The van der Waals surface area contributed by atoms with Crippen molar-refractivity contribution in [2.24, 2.45) is 17.7 Å². The molecule has 3 heterocycles. The summed E-state index contributed by atoms with van der Waals surface area (Å²) in [6, 6.07) is 52.6. The SMILES string of the molecule is CC(C)CO.CC(C)COC(=O)[C@H](O)CN(Cc1ccc(-c2cc(Cl)ccc2F)cc1)NC(=O)c1nn(-c2cccc(Cl)c2)c(=O)[nH]1.CCOC(=O)[C@H](O)CN(Cc1ccc(-c2cc(Cl)ccc2F)cc1)NC(=O)c1nn(-c2cccc(Cl)c2)c(=O)[nH]1.CCOC(=O)[C@H](O)CN(N)Cc1ccc(-c2cc(Cl)ccc2F)cc1.O=C(O)c1nn(-c2cccc(Cl)c2)c(=O)[nH]1. The van der Waals surface area contributed by atoms with Crippen LogP contribution in [-0.2, 0) is 48.2 Å². The Morgan fingerprint density at radius 1 is 0.430 bits per heavy atom. The minimum absolute atomic E-state index is 0.0256. The average molecular weight is 1890 g/mol. The molecule has 3 atom stereocenters. The minimum Gasteiger partial charge on any atom is -0.475 e. The molecule has 128 heavy (non-hydrogen) atoms. The summed E-state index contributed by atoms with van der Waals surface area (Å²) in [6.07, 6.45) is -4.47. The monoisotopic (exact) mass is 1880 g/mol. The quantitative estimate of drug-likeness (QED) is 0.00832. The first-order chi connectivity index (χ1) is 60.9. The highest BCUT2D eigenvalue weighted by atomic mass is 35.5. The lowest BCUT2D eigenvalue weighted by atomic mass is 10.0. The van der Waals surface area contributed by atoms with Crippen molar-refractivity contribution in [1.82, 2.24) is 70.2 Å². The van der Waals surface area contributed by atoms with E-state index in [-0.39, 0.29) is 75.9 Å². The van der Waals surface area contributed by atoms with E-state index in [1.54, 1.807) is 147 Å². The summed E-state index contributed by atoms with van der Waals surface area (Å²) in [7, 11) is 0. The van der Waals surface area contributed by atoms with Crippen molar-refractivity contribution in [2.75, 3.05) is 46.1 Å². The van der Waals surface area contributed by atoms with E-state index in [9.17, 15) is 71.6 Å². The van der Waals surface area contributed by atoms with Crippen molar-refractivity contribution in [3.8, 4) is 50.4 Å². The summed E-state index contributed by atoms with van der Waals surface area (Å²) < 4.78 is 60.1. The third-order valence-corrected chi connectivity index (χ3v) is 18.8. The molecule has 0 bridgehead atoms. The zero-order valence-corrected chi connectivity index (χ0v) is 73.7. The number of halogens is 9. The number of nitrogens with zero attached hydrogens (tertiary/aromatic N) is 9. The number of amides is 2. The summed E-state index contributed by atoms with van der Waals surface area (Å²) in [6.45, 7) is 11.2. The molecular weight excluding hydrogens is 1800 g/mol. The second-order valence-electron chi connectivity index (χ2n) is 28.5. The zero-order chi connectivity index (χ0) is 93.6. The molecule has 0 aliphatic heterocycles. The van der Waals surface area contributed by atoms with Crippen LogP contribution in [0.1, 0.15) is 90.1 Å². The highest BCUT2D eigenvalue weighted by Gasteiger charge is 2.28. The predicted octanol–water partition coefficient (Wildman–Crippen LogP) is 12.4. The Labute approximate surface area is 759 Å². The first kappa shape index (κ1) is 101. The van der Waals surface area contributed by atoms with Crippen molar-refractivity contribution in [3.05, 3.63) is 313 Å². The number of ether oxygens (including phenoxy) is 3. The average Bonchev–Trinajstić information content (AvgIpc) is 1.65. The van der Waals surface area contributed by atoms with Crippen LogP contribution in [0.15, 0.2) is 215 Å². The van der Waals surface area contributed by atoms with Gasteiger partial charge >= 0.3 is 52.8 Å². The van der Waals surface area contributed by atoms with Crippen LogP contribution >= 0.6 is 69.6 Å². The Bertz CT molecular complexity index is 5960. The van der Waals surface area contributed by atoms with Crippen LogP contribution in [0, 0.1) is 29.3 Å². The molecule has 2 amide bonds. The first-order valence-corrected chi connectivity index (χ1v) is 41.1. The van der Waals surface area contributed by atoms with Crippen LogP contribution in [0.4, 0.5) is 13.2 Å². The number of aliphatic hydroxyl groups excluding tert-OH is 4. The Morgan fingerprint density at radius 2 is 0.727 bits per heavy atom. The zero-order valence-electron chi connectivity index (χ0n) is 69.1. The number of carboxylic acids is 1. The number of hydrogen-bond acceptors (Lipinski definition) is 23. The van der Waals surface area contributed by atoms with Gasteiger partial charge in [0.25, 0.3) is 0 Å². The van der Waals surface area contributed by atoms with E-state index in [1.165, 1.54) is 81.8 Å². The predicted molar refractivity (Wildman–Crippen MR) is 474 cm³/mol. The molecule has 0 unspecified atom stereocenters. The molecule has 12 rings (SSSR count). The van der Waals surface area contributed by atoms with Crippen molar-refractivity contribution >= 4 is 105 Å². The number of nitrogens with one attached hydrogen (secondary N) is 5. The number of benzene rings is 9. The molecule has 12 N–H and O–H groups in total. The molecule has 41 heteroatoms. The standard InChI is InChI=1S/C29H28Cl2FN5O5.C27H24Cl2FN5O5.C18H20ClFN2O3.C9H6ClN3O3.C4H10O/c1-17(2)16-42-28(40)25(38)15-36(14-18-6-8-19(9-7-18)23-13-21(31)10-11-24(23)32)35-27(39)26-33-29(41)37(34-26)22-5-3-4-20(30)12-22;1-2-40-26(38)23(36)15-34(14-16-6-8-17(9-7-16)21-13-19(29)10-11-22(21)30)33-25(37)24-31-27(39)35(32-24)20-5-3-4-18(28)12-20;1-2-25-18(24)17(23)11-22(21)10-12-3-5-13(6-4-12)15-9-14(19)7-8-16(15)20;10-5-2-1-3-6(4-5)13-9(16)11-7(12-13)8(14)15;1-4(2)3-5/h3-13,17,25,38H,14-16H2,1-2H3,(H,35,39)(H,33,34,41);3-13,23,36H,2,14-15H2,1H3,(H,33,37)(H,31,32,39);3-9,17,23H,2,10-11,21H2,1H3;1-4H,(H,14,15)(H,11,12,16);4-5H,3H2,1-2H3/t25-;23-;17-;;/m111../s1. The molecule has 0 spiro atoms. The van der Waals surface area contributed by atoms with E-state index in [1.807, 2.05) is 27.7 Å². The van der Waals surface area contributed by atoms with Gasteiger partial charge in [0.2, 0.25) is 17.5 Å². The van der Waals surface area contributed by atoms with E-state index >= 15 is 0 Å². The molecule has 0 aliphatic carbocycles. The molecule has 9 aromatic carbocycles. The summed E-state index contributed by atoms with van der Waals surface area (Å²) in [5.74, 6) is -1.25. The second-order valence-corrected chi connectivity index (χ2v) is 31.1. The number of aromatic carboxylic acids is 1. The smallest absolute Gasteiger partial charge is 0.373 e. The fourth-order valence-corrected chi connectivity index (χ4v) is 12.3. The van der Waals surface area contributed by atoms with Gasteiger partial charge in [-0.15, -0.1) is 15.3 Å². The number of aromatic nitrogens is 9. The van der Waals surface area contributed by atoms with Gasteiger partial charge in [-0.25, -0.2) is 61.8 Å². The van der Waals surface area contributed by atoms with Crippen molar-refractivity contribution < 1.29 is 81.7 Å². The van der Waals surface area contributed by atoms with Crippen LogP contribution in [0.25, 0.3) is 50.4 Å². The topological polar surface area (TPSA) is 443 Å². The van der Waals surface area contributed by atoms with Gasteiger partial charge in [0.1, 0.15) is 17.5 Å². The minimum atomic E-state index is -1.59. The summed E-state index contributed by atoms with van der Waals surface area (Å²) in [5.41, 5.74) is 9.33. The number of carbonyl (C=O) groups is 6. The molecular formula is C87H88Cl6F3N15O17. The summed E-state index contributed by atoms with van der Waals surface area (Å²) >= 11 is 35.7. The van der Waals surface area contributed by atoms with E-state index in [4.69, 9.17) is 99.9 Å². The number of carboxylic acid groups (broad SMARTS) is 1. The molecule has 676 valence electrons. The van der Waals surface area contributed by atoms with Gasteiger partial charge in [-0.1, -0.05) is 188 Å². The fourth-order valence-electron chi connectivity index (χ4n) is 11.3.